The highest BCUT2D eigenvalue weighted by atomic mass is 32.2. The molecule has 0 heterocycles. The van der Waals surface area contributed by atoms with Gasteiger partial charge in [0.15, 0.2) is 6.61 Å². The van der Waals surface area contributed by atoms with Crippen molar-refractivity contribution < 1.29 is 31.8 Å². The molecule has 0 aromatic heterocycles. The van der Waals surface area contributed by atoms with E-state index in [0.717, 1.165) is 16.4 Å². The Bertz CT molecular complexity index is 1200. The van der Waals surface area contributed by atoms with Gasteiger partial charge in [0.25, 0.3) is 0 Å². The molecular weight excluding hydrogens is 428 g/mol. The number of rotatable bonds is 8. The number of carboxylic acids is 1. The van der Waals surface area contributed by atoms with Crippen molar-refractivity contribution in [3.8, 4) is 16.9 Å². The molecule has 0 saturated carbocycles. The molecule has 3 aromatic carbocycles. The topological polar surface area (TPSA) is 83.9 Å². The van der Waals surface area contributed by atoms with Gasteiger partial charge in [-0.05, 0) is 59.7 Å². The Hall–Kier alpha value is -3.30. The average molecular weight is 447 g/mol. The number of aliphatic carboxylic acids is 1. The zero-order valence-corrected chi connectivity index (χ0v) is 17.3. The lowest BCUT2D eigenvalue weighted by atomic mass is 10.0. The highest BCUT2D eigenvalue weighted by Gasteiger charge is 2.21. The molecule has 0 radical (unpaired) electrons. The van der Waals surface area contributed by atoms with Crippen LogP contribution in [-0.2, 0) is 21.4 Å². The summed E-state index contributed by atoms with van der Waals surface area (Å²) in [5, 5.41) is 8.89. The minimum atomic E-state index is -3.87. The van der Waals surface area contributed by atoms with Crippen LogP contribution in [0.5, 0.6) is 5.75 Å². The van der Waals surface area contributed by atoms with E-state index >= 15 is 0 Å². The van der Waals surface area contributed by atoms with E-state index in [0.29, 0.717) is 16.7 Å². The van der Waals surface area contributed by atoms with Crippen molar-refractivity contribution in [2.75, 3.05) is 13.7 Å². The molecule has 0 aliphatic rings. The summed E-state index contributed by atoms with van der Waals surface area (Å²) in [6, 6.07) is 14.9. The second-order valence-electron chi connectivity index (χ2n) is 6.74. The van der Waals surface area contributed by atoms with Crippen molar-refractivity contribution in [1.82, 2.24) is 4.31 Å². The zero-order chi connectivity index (χ0) is 22.6. The molecular formula is C22H19F2NO5S. The molecule has 0 fully saturated rings. The van der Waals surface area contributed by atoms with Crippen molar-refractivity contribution in [2.24, 2.45) is 0 Å². The number of hydrogen-bond donors (Lipinski definition) is 1. The molecule has 0 amide bonds. The molecule has 0 bridgehead atoms. The zero-order valence-electron chi connectivity index (χ0n) is 16.5. The molecule has 1 N–H and O–H groups in total. The molecule has 0 aliphatic heterocycles. The Morgan fingerprint density at radius 2 is 1.71 bits per heavy atom. The molecule has 0 atom stereocenters. The predicted molar refractivity (Wildman–Crippen MR) is 110 cm³/mol. The molecule has 0 spiro atoms. The highest BCUT2D eigenvalue weighted by molar-refractivity contribution is 7.89. The third-order valence-corrected chi connectivity index (χ3v) is 6.28. The van der Waals surface area contributed by atoms with Crippen LogP contribution in [0.4, 0.5) is 8.78 Å². The molecule has 9 heteroatoms. The first-order valence-corrected chi connectivity index (χ1v) is 10.6. The van der Waals surface area contributed by atoms with Crippen LogP contribution in [0.3, 0.4) is 0 Å². The van der Waals surface area contributed by atoms with Crippen molar-refractivity contribution in [3.05, 3.63) is 83.9 Å². The number of nitrogens with zero attached hydrogens (tertiary/aromatic N) is 1. The average Bonchev–Trinajstić information content (AvgIpc) is 2.73. The van der Waals surface area contributed by atoms with Crippen molar-refractivity contribution in [2.45, 2.75) is 11.4 Å². The summed E-state index contributed by atoms with van der Waals surface area (Å²) in [7, 11) is -2.49. The minimum Gasteiger partial charge on any atom is -0.481 e. The lowest BCUT2D eigenvalue weighted by Crippen LogP contribution is -2.26. The van der Waals surface area contributed by atoms with E-state index in [-0.39, 0.29) is 17.2 Å². The van der Waals surface area contributed by atoms with Gasteiger partial charge in [0.1, 0.15) is 17.4 Å². The van der Waals surface area contributed by atoms with E-state index in [4.69, 9.17) is 9.84 Å². The summed E-state index contributed by atoms with van der Waals surface area (Å²) in [6.07, 6.45) is 0. The fourth-order valence-electron chi connectivity index (χ4n) is 2.95. The van der Waals surface area contributed by atoms with Crippen molar-refractivity contribution >= 4 is 16.0 Å². The molecule has 3 aromatic rings. The van der Waals surface area contributed by atoms with E-state index in [1.165, 1.54) is 43.4 Å². The molecule has 31 heavy (non-hydrogen) atoms. The van der Waals surface area contributed by atoms with Gasteiger partial charge >= 0.3 is 5.97 Å². The van der Waals surface area contributed by atoms with Gasteiger partial charge in [-0.2, -0.15) is 4.31 Å². The summed E-state index contributed by atoms with van der Waals surface area (Å²) in [5.41, 5.74) is 1.44. The Balaban J connectivity index is 1.93. The first-order valence-electron chi connectivity index (χ1n) is 9.12. The summed E-state index contributed by atoms with van der Waals surface area (Å²) in [5.74, 6) is -1.97. The largest absolute Gasteiger partial charge is 0.481 e. The third kappa shape index (κ3) is 5.44. The predicted octanol–water partition coefficient (Wildman–Crippen LogP) is 3.92. The van der Waals surface area contributed by atoms with Gasteiger partial charge in [0.2, 0.25) is 10.0 Å². The maximum Gasteiger partial charge on any atom is 0.341 e. The van der Waals surface area contributed by atoms with Gasteiger partial charge in [0, 0.05) is 19.2 Å². The standard InChI is InChI=1S/C22H19F2NO5S/c1-25(31(28,29)19-8-6-17(23)7-9-19)13-15-5-10-21(30-14-22(26)27)20(11-15)16-3-2-4-18(24)12-16/h2-12H,13-14H2,1H3,(H,26,27). The Labute approximate surface area is 178 Å². The third-order valence-electron chi connectivity index (χ3n) is 4.46. The number of ether oxygens (including phenoxy) is 1. The lowest BCUT2D eigenvalue weighted by Gasteiger charge is -2.19. The van der Waals surface area contributed by atoms with Crippen molar-refractivity contribution in [1.29, 1.82) is 0 Å². The van der Waals surface area contributed by atoms with Crippen LogP contribution in [0.25, 0.3) is 11.1 Å². The first-order chi connectivity index (χ1) is 14.7. The van der Waals surface area contributed by atoms with Crippen LogP contribution >= 0.6 is 0 Å². The molecule has 0 unspecified atom stereocenters. The maximum absolute atomic E-state index is 13.7. The second-order valence-corrected chi connectivity index (χ2v) is 8.78. The second kappa shape index (κ2) is 9.23. The summed E-state index contributed by atoms with van der Waals surface area (Å²) < 4.78 is 58.8. The maximum atomic E-state index is 13.7. The summed E-state index contributed by atoms with van der Waals surface area (Å²) >= 11 is 0. The number of hydrogen-bond acceptors (Lipinski definition) is 4. The smallest absolute Gasteiger partial charge is 0.341 e. The van der Waals surface area contributed by atoms with Gasteiger partial charge in [-0.3, -0.25) is 0 Å². The van der Waals surface area contributed by atoms with Gasteiger partial charge in [0.05, 0.1) is 4.90 Å². The van der Waals surface area contributed by atoms with Crippen LogP contribution in [0, 0.1) is 11.6 Å². The van der Waals surface area contributed by atoms with Gasteiger partial charge < -0.3 is 9.84 Å². The van der Waals surface area contributed by atoms with E-state index in [1.54, 1.807) is 18.2 Å². The van der Waals surface area contributed by atoms with E-state index in [2.05, 4.69) is 0 Å². The highest BCUT2D eigenvalue weighted by Crippen LogP contribution is 2.32. The molecule has 162 valence electrons. The molecule has 3 rings (SSSR count). The van der Waals surface area contributed by atoms with Crippen LogP contribution < -0.4 is 4.74 Å². The number of halogens is 2. The summed E-state index contributed by atoms with van der Waals surface area (Å²) in [4.78, 5) is 10.8. The lowest BCUT2D eigenvalue weighted by molar-refractivity contribution is -0.139. The fourth-order valence-corrected chi connectivity index (χ4v) is 4.11. The summed E-state index contributed by atoms with van der Waals surface area (Å²) in [6.45, 7) is -0.609. The Morgan fingerprint density at radius 3 is 2.35 bits per heavy atom. The number of sulfonamides is 1. The monoisotopic (exact) mass is 447 g/mol. The minimum absolute atomic E-state index is 0.0266. The Kier molecular flexibility index (Phi) is 6.67. The number of benzene rings is 3. The van der Waals surface area contributed by atoms with Gasteiger partial charge in [-0.25, -0.2) is 22.0 Å². The molecule has 6 nitrogen and oxygen atoms in total. The van der Waals surface area contributed by atoms with Crippen molar-refractivity contribution in [3.63, 3.8) is 0 Å². The van der Waals surface area contributed by atoms with E-state index in [9.17, 15) is 22.0 Å². The van der Waals surface area contributed by atoms with Crippen LogP contribution in [0.2, 0.25) is 0 Å². The number of carbonyl (C=O) groups is 1. The normalized spacial score (nSPS) is 11.5. The Morgan fingerprint density at radius 1 is 1.00 bits per heavy atom. The fraction of sp³-hybridized carbons (Fsp3) is 0.136. The molecule has 0 saturated heterocycles. The van der Waals surface area contributed by atoms with Crippen LogP contribution in [0.15, 0.2) is 71.6 Å². The first kappa shape index (κ1) is 22.4. The van der Waals surface area contributed by atoms with E-state index in [1.807, 2.05) is 0 Å². The van der Waals surface area contributed by atoms with Gasteiger partial charge in [-0.15, -0.1) is 0 Å². The SMILES string of the molecule is CN(Cc1ccc(OCC(=O)O)c(-c2cccc(F)c2)c1)S(=O)(=O)c1ccc(F)cc1. The van der Waals surface area contributed by atoms with Crippen LogP contribution in [-0.4, -0.2) is 37.5 Å². The molecule has 0 aliphatic carbocycles. The number of carboxylic acid groups (broad SMARTS) is 1. The quantitative estimate of drug-likeness (QED) is 0.566. The van der Waals surface area contributed by atoms with Crippen LogP contribution in [0.1, 0.15) is 5.56 Å². The van der Waals surface area contributed by atoms with Gasteiger partial charge in [-0.1, -0.05) is 18.2 Å². The van der Waals surface area contributed by atoms with E-state index < -0.39 is 34.2 Å².